The fourth-order valence-electron chi connectivity index (χ4n) is 2.46. The van der Waals surface area contributed by atoms with E-state index in [1.165, 1.54) is 39.8 Å². The maximum Gasteiger partial charge on any atom is 0.234 e. The fourth-order valence-corrected chi connectivity index (χ4v) is 4.03. The zero-order valence-corrected chi connectivity index (χ0v) is 17.4. The summed E-state index contributed by atoms with van der Waals surface area (Å²) in [4.78, 5) is 12.2. The summed E-state index contributed by atoms with van der Waals surface area (Å²) in [6.07, 6.45) is 0. The summed E-state index contributed by atoms with van der Waals surface area (Å²) in [7, 11) is 0. The third-order valence-corrected chi connectivity index (χ3v) is 6.34. The van der Waals surface area contributed by atoms with Crippen molar-refractivity contribution in [1.29, 1.82) is 0 Å². The van der Waals surface area contributed by atoms with Gasteiger partial charge in [0.2, 0.25) is 11.0 Å². The van der Waals surface area contributed by atoms with E-state index < -0.39 is 0 Å². The number of aromatic nitrogens is 2. The highest BCUT2D eigenvalue weighted by Crippen LogP contribution is 2.29. The van der Waals surface area contributed by atoms with Gasteiger partial charge in [-0.15, -0.1) is 10.2 Å². The number of thioether (sulfide) groups is 1. The molecular weight excluding hydrogens is 376 g/mol. The van der Waals surface area contributed by atoms with Gasteiger partial charge in [0.15, 0.2) is 4.34 Å². The van der Waals surface area contributed by atoms with E-state index in [2.05, 4.69) is 47.7 Å². The third-order valence-electron chi connectivity index (χ3n) is 4.37. The fraction of sp³-hybridized carbons (Fsp3) is 0.250. The minimum atomic E-state index is -0.0532. The van der Waals surface area contributed by atoms with Crippen molar-refractivity contribution in [3.63, 3.8) is 0 Å². The number of aryl methyl sites for hydroxylation is 3. The number of carbonyl (C=O) groups is 1. The van der Waals surface area contributed by atoms with Crippen molar-refractivity contribution in [2.45, 2.75) is 32.0 Å². The van der Waals surface area contributed by atoms with Gasteiger partial charge in [-0.1, -0.05) is 41.3 Å². The lowest BCUT2D eigenvalue weighted by Crippen LogP contribution is -2.14. The van der Waals surface area contributed by atoms with E-state index in [0.29, 0.717) is 5.75 Å². The van der Waals surface area contributed by atoms with E-state index in [0.717, 1.165) is 26.4 Å². The minimum Gasteiger partial charge on any atom is -0.330 e. The van der Waals surface area contributed by atoms with Crippen molar-refractivity contribution in [1.82, 2.24) is 10.2 Å². The first-order valence-electron chi connectivity index (χ1n) is 8.59. The average molecular weight is 399 g/mol. The Morgan fingerprint density at radius 1 is 1.04 bits per heavy atom. The Hall–Kier alpha value is -2.38. The molecule has 0 radical (unpaired) electrons. The molecule has 0 saturated carbocycles. The van der Waals surface area contributed by atoms with Crippen LogP contribution in [0.1, 0.15) is 22.3 Å². The molecule has 7 heteroatoms. The average Bonchev–Trinajstić information content (AvgIpc) is 3.08. The monoisotopic (exact) mass is 398 g/mol. The largest absolute Gasteiger partial charge is 0.330 e. The number of hydrogen-bond donors (Lipinski definition) is 2. The van der Waals surface area contributed by atoms with E-state index in [1.807, 2.05) is 37.3 Å². The molecule has 2 aromatic carbocycles. The number of hydrogen-bond acceptors (Lipinski definition) is 6. The van der Waals surface area contributed by atoms with Crippen molar-refractivity contribution in [3.05, 3.63) is 58.7 Å². The SMILES string of the molecule is Cc1ccc(NC(=O)CSc2nnc(Nc3cccc(C)c3C)s2)cc1C. The van der Waals surface area contributed by atoms with Crippen molar-refractivity contribution >= 4 is 45.5 Å². The molecule has 1 amide bonds. The second kappa shape index (κ2) is 8.54. The zero-order chi connectivity index (χ0) is 19.4. The first-order valence-corrected chi connectivity index (χ1v) is 10.4. The molecule has 0 fully saturated rings. The molecule has 140 valence electrons. The van der Waals surface area contributed by atoms with E-state index in [4.69, 9.17) is 0 Å². The van der Waals surface area contributed by atoms with Crippen LogP contribution in [0.5, 0.6) is 0 Å². The Bertz CT molecular complexity index is 968. The third kappa shape index (κ3) is 5.08. The Morgan fingerprint density at radius 2 is 1.85 bits per heavy atom. The molecule has 0 aliphatic carbocycles. The highest BCUT2D eigenvalue weighted by atomic mass is 32.2. The minimum absolute atomic E-state index is 0.0532. The molecule has 0 aliphatic heterocycles. The topological polar surface area (TPSA) is 66.9 Å². The number of anilines is 3. The van der Waals surface area contributed by atoms with Gasteiger partial charge < -0.3 is 10.6 Å². The van der Waals surface area contributed by atoms with Gasteiger partial charge in [0, 0.05) is 11.4 Å². The van der Waals surface area contributed by atoms with Crippen LogP contribution in [-0.2, 0) is 4.79 Å². The van der Waals surface area contributed by atoms with Crippen LogP contribution in [-0.4, -0.2) is 21.9 Å². The molecule has 2 N–H and O–H groups in total. The van der Waals surface area contributed by atoms with Crippen molar-refractivity contribution in [3.8, 4) is 0 Å². The molecule has 0 spiro atoms. The van der Waals surface area contributed by atoms with Crippen LogP contribution in [0.25, 0.3) is 0 Å². The first-order chi connectivity index (χ1) is 12.9. The number of carbonyl (C=O) groups excluding carboxylic acids is 1. The molecule has 27 heavy (non-hydrogen) atoms. The second-order valence-electron chi connectivity index (χ2n) is 6.38. The quantitative estimate of drug-likeness (QED) is 0.555. The van der Waals surface area contributed by atoms with Crippen LogP contribution in [0.4, 0.5) is 16.5 Å². The molecule has 3 rings (SSSR count). The smallest absolute Gasteiger partial charge is 0.234 e. The van der Waals surface area contributed by atoms with Crippen LogP contribution in [0, 0.1) is 27.7 Å². The Kier molecular flexibility index (Phi) is 6.13. The Morgan fingerprint density at radius 3 is 2.63 bits per heavy atom. The van der Waals surface area contributed by atoms with Crippen molar-refractivity contribution < 1.29 is 4.79 Å². The molecule has 1 heterocycles. The number of nitrogens with zero attached hydrogens (tertiary/aromatic N) is 2. The molecule has 0 saturated heterocycles. The van der Waals surface area contributed by atoms with E-state index in [9.17, 15) is 4.79 Å². The normalized spacial score (nSPS) is 10.7. The zero-order valence-electron chi connectivity index (χ0n) is 15.8. The Balaban J connectivity index is 1.55. The van der Waals surface area contributed by atoms with Gasteiger partial charge in [0.05, 0.1) is 5.75 Å². The van der Waals surface area contributed by atoms with E-state index >= 15 is 0 Å². The Labute approximate surface area is 167 Å². The lowest BCUT2D eigenvalue weighted by atomic mass is 10.1. The van der Waals surface area contributed by atoms with E-state index in [-0.39, 0.29) is 5.91 Å². The van der Waals surface area contributed by atoms with Crippen LogP contribution in [0.3, 0.4) is 0 Å². The molecule has 0 aliphatic rings. The summed E-state index contributed by atoms with van der Waals surface area (Å²) in [5.41, 5.74) is 6.62. The van der Waals surface area contributed by atoms with Gasteiger partial charge in [-0.05, 0) is 68.1 Å². The number of amides is 1. The number of rotatable bonds is 6. The standard InChI is InChI=1S/C20H22N4OS2/c1-12-8-9-16(10-14(12)3)21-18(25)11-26-20-24-23-19(27-20)22-17-7-5-6-13(2)15(17)4/h5-10H,11H2,1-4H3,(H,21,25)(H,22,23). The van der Waals surface area contributed by atoms with E-state index in [1.54, 1.807) is 0 Å². The summed E-state index contributed by atoms with van der Waals surface area (Å²) >= 11 is 2.83. The molecule has 3 aromatic rings. The van der Waals surface area contributed by atoms with Gasteiger partial charge in [-0.2, -0.15) is 0 Å². The number of nitrogens with one attached hydrogen (secondary N) is 2. The molecule has 1 aromatic heterocycles. The molecular formula is C20H22N4OS2. The predicted octanol–water partition coefficient (Wildman–Crippen LogP) is 5.25. The summed E-state index contributed by atoms with van der Waals surface area (Å²) in [6.45, 7) is 8.24. The molecule has 0 bridgehead atoms. The van der Waals surface area contributed by atoms with Gasteiger partial charge in [0.25, 0.3) is 0 Å². The summed E-state index contributed by atoms with van der Waals surface area (Å²) in [5.74, 6) is 0.243. The first kappa shape index (κ1) is 19.4. The summed E-state index contributed by atoms with van der Waals surface area (Å²) in [6, 6.07) is 12.0. The van der Waals surface area contributed by atoms with Crippen LogP contribution >= 0.6 is 23.1 Å². The van der Waals surface area contributed by atoms with Gasteiger partial charge in [-0.25, -0.2) is 0 Å². The summed E-state index contributed by atoms with van der Waals surface area (Å²) < 4.78 is 0.762. The molecule has 0 atom stereocenters. The lowest BCUT2D eigenvalue weighted by Gasteiger charge is -2.08. The lowest BCUT2D eigenvalue weighted by molar-refractivity contribution is -0.113. The van der Waals surface area contributed by atoms with Crippen molar-refractivity contribution in [2.24, 2.45) is 0 Å². The maximum absolute atomic E-state index is 12.2. The summed E-state index contributed by atoms with van der Waals surface area (Å²) in [5, 5.41) is 15.3. The van der Waals surface area contributed by atoms with Crippen LogP contribution < -0.4 is 10.6 Å². The van der Waals surface area contributed by atoms with Gasteiger partial charge in [0.1, 0.15) is 0 Å². The second-order valence-corrected chi connectivity index (χ2v) is 8.58. The van der Waals surface area contributed by atoms with Gasteiger partial charge in [-0.3, -0.25) is 4.79 Å². The number of benzene rings is 2. The predicted molar refractivity (Wildman–Crippen MR) is 114 cm³/mol. The van der Waals surface area contributed by atoms with Crippen LogP contribution in [0.15, 0.2) is 40.7 Å². The highest BCUT2D eigenvalue weighted by Gasteiger charge is 2.10. The van der Waals surface area contributed by atoms with Gasteiger partial charge >= 0.3 is 0 Å². The highest BCUT2D eigenvalue weighted by molar-refractivity contribution is 8.01. The maximum atomic E-state index is 12.2. The van der Waals surface area contributed by atoms with Crippen molar-refractivity contribution in [2.75, 3.05) is 16.4 Å². The molecule has 0 unspecified atom stereocenters. The van der Waals surface area contributed by atoms with Crippen LogP contribution in [0.2, 0.25) is 0 Å². The molecule has 5 nitrogen and oxygen atoms in total.